The van der Waals surface area contributed by atoms with Crippen LogP contribution in [0.1, 0.15) is 18.4 Å². The van der Waals surface area contributed by atoms with Crippen molar-refractivity contribution in [3.63, 3.8) is 0 Å². The van der Waals surface area contributed by atoms with E-state index in [0.717, 1.165) is 30.4 Å². The van der Waals surface area contributed by atoms with Crippen molar-refractivity contribution < 1.29 is 4.39 Å². The van der Waals surface area contributed by atoms with Gasteiger partial charge in [-0.1, -0.05) is 15.9 Å². The van der Waals surface area contributed by atoms with Crippen LogP contribution in [0.4, 0.5) is 4.39 Å². The molecular formula is C12H16BrFIN3. The fourth-order valence-electron chi connectivity index (χ4n) is 1.88. The zero-order valence-electron chi connectivity index (χ0n) is 9.90. The van der Waals surface area contributed by atoms with Gasteiger partial charge in [-0.15, -0.1) is 24.0 Å². The highest BCUT2D eigenvalue weighted by Crippen LogP contribution is 2.16. The molecule has 1 fully saturated rings. The molecule has 0 aliphatic carbocycles. The summed E-state index contributed by atoms with van der Waals surface area (Å²) in [5.41, 5.74) is 6.41. The van der Waals surface area contributed by atoms with E-state index < -0.39 is 0 Å². The Balaban J connectivity index is 0.00000162. The first kappa shape index (κ1) is 15.7. The van der Waals surface area contributed by atoms with Crippen LogP contribution in [-0.2, 0) is 6.54 Å². The highest BCUT2D eigenvalue weighted by Gasteiger charge is 2.13. The maximum absolute atomic E-state index is 13.5. The topological polar surface area (TPSA) is 41.6 Å². The molecule has 6 heteroatoms. The van der Waals surface area contributed by atoms with Crippen LogP contribution in [0.15, 0.2) is 27.7 Å². The predicted molar refractivity (Wildman–Crippen MR) is 85.6 cm³/mol. The Morgan fingerprint density at radius 2 is 2.06 bits per heavy atom. The van der Waals surface area contributed by atoms with E-state index in [1.807, 2.05) is 4.90 Å². The zero-order valence-corrected chi connectivity index (χ0v) is 13.8. The largest absolute Gasteiger partial charge is 0.370 e. The molecule has 1 aliphatic rings. The van der Waals surface area contributed by atoms with Crippen LogP contribution in [0.5, 0.6) is 0 Å². The third-order valence-electron chi connectivity index (χ3n) is 2.85. The van der Waals surface area contributed by atoms with Crippen molar-refractivity contribution in [2.45, 2.75) is 19.4 Å². The van der Waals surface area contributed by atoms with Crippen LogP contribution < -0.4 is 5.73 Å². The van der Waals surface area contributed by atoms with Crippen molar-refractivity contribution in [1.82, 2.24) is 4.90 Å². The number of halogens is 3. The fraction of sp³-hybridized carbons (Fsp3) is 0.417. The third-order valence-corrected chi connectivity index (χ3v) is 3.34. The fourth-order valence-corrected chi connectivity index (χ4v) is 2.29. The van der Waals surface area contributed by atoms with Gasteiger partial charge >= 0.3 is 0 Å². The Morgan fingerprint density at radius 1 is 1.39 bits per heavy atom. The van der Waals surface area contributed by atoms with Gasteiger partial charge in [-0.05, 0) is 31.0 Å². The first-order valence-electron chi connectivity index (χ1n) is 5.65. The molecule has 100 valence electrons. The monoisotopic (exact) mass is 427 g/mol. The molecule has 1 aromatic carbocycles. The van der Waals surface area contributed by atoms with Crippen molar-refractivity contribution in [3.8, 4) is 0 Å². The number of aliphatic imine (C=N–C) groups is 1. The van der Waals surface area contributed by atoms with Gasteiger partial charge in [-0.2, -0.15) is 0 Å². The molecule has 0 bridgehead atoms. The molecule has 3 nitrogen and oxygen atoms in total. The summed E-state index contributed by atoms with van der Waals surface area (Å²) in [5, 5.41) is 0. The number of nitrogens with two attached hydrogens (primary N) is 1. The van der Waals surface area contributed by atoms with E-state index in [9.17, 15) is 4.39 Å². The number of hydrogen-bond donors (Lipinski definition) is 1. The second kappa shape index (κ2) is 7.28. The predicted octanol–water partition coefficient (Wildman–Crippen LogP) is 3.12. The minimum absolute atomic E-state index is 0. The van der Waals surface area contributed by atoms with Gasteiger partial charge in [-0.25, -0.2) is 9.38 Å². The van der Waals surface area contributed by atoms with E-state index in [2.05, 4.69) is 20.9 Å². The number of likely N-dealkylation sites (tertiary alicyclic amines) is 1. The van der Waals surface area contributed by atoms with Gasteiger partial charge in [0.2, 0.25) is 0 Å². The zero-order chi connectivity index (χ0) is 12.3. The highest BCUT2D eigenvalue weighted by atomic mass is 127. The summed E-state index contributed by atoms with van der Waals surface area (Å²) in [6, 6.07) is 4.84. The van der Waals surface area contributed by atoms with Crippen LogP contribution in [-0.4, -0.2) is 23.9 Å². The van der Waals surface area contributed by atoms with Gasteiger partial charge in [0.1, 0.15) is 5.82 Å². The maximum atomic E-state index is 13.5. The summed E-state index contributed by atoms with van der Waals surface area (Å²) >= 11 is 3.31. The van der Waals surface area contributed by atoms with E-state index in [1.165, 1.54) is 6.07 Å². The molecule has 0 saturated carbocycles. The van der Waals surface area contributed by atoms with E-state index in [0.29, 0.717) is 11.5 Å². The first-order chi connectivity index (χ1) is 8.16. The van der Waals surface area contributed by atoms with Crippen LogP contribution in [0.25, 0.3) is 0 Å². The van der Waals surface area contributed by atoms with Gasteiger partial charge in [0, 0.05) is 23.1 Å². The maximum Gasteiger partial charge on any atom is 0.191 e. The van der Waals surface area contributed by atoms with Crippen molar-refractivity contribution in [2.24, 2.45) is 10.7 Å². The minimum Gasteiger partial charge on any atom is -0.370 e. The van der Waals surface area contributed by atoms with Crippen LogP contribution in [0.3, 0.4) is 0 Å². The molecule has 2 rings (SSSR count). The van der Waals surface area contributed by atoms with Crippen molar-refractivity contribution in [2.75, 3.05) is 13.1 Å². The molecule has 0 unspecified atom stereocenters. The van der Waals surface area contributed by atoms with Gasteiger partial charge in [0.25, 0.3) is 0 Å². The minimum atomic E-state index is -0.244. The van der Waals surface area contributed by atoms with Gasteiger partial charge in [0.15, 0.2) is 5.96 Å². The second-order valence-electron chi connectivity index (χ2n) is 4.10. The number of guanidine groups is 1. The molecule has 1 aliphatic heterocycles. The highest BCUT2D eigenvalue weighted by molar-refractivity contribution is 14.0. The van der Waals surface area contributed by atoms with Crippen molar-refractivity contribution >= 4 is 45.9 Å². The molecule has 1 aromatic rings. The Bertz CT molecular complexity index is 433. The average molecular weight is 428 g/mol. The first-order valence-corrected chi connectivity index (χ1v) is 6.45. The van der Waals surface area contributed by atoms with E-state index >= 15 is 0 Å². The van der Waals surface area contributed by atoms with Gasteiger partial charge < -0.3 is 10.6 Å². The summed E-state index contributed by atoms with van der Waals surface area (Å²) in [5.74, 6) is 0.271. The molecule has 0 amide bonds. The number of benzene rings is 1. The summed E-state index contributed by atoms with van der Waals surface area (Å²) in [4.78, 5) is 6.28. The number of rotatable bonds is 2. The third kappa shape index (κ3) is 4.08. The van der Waals surface area contributed by atoms with Crippen LogP contribution in [0, 0.1) is 5.82 Å². The van der Waals surface area contributed by atoms with Crippen molar-refractivity contribution in [1.29, 1.82) is 0 Å². The number of hydrogen-bond acceptors (Lipinski definition) is 1. The van der Waals surface area contributed by atoms with E-state index in [4.69, 9.17) is 5.73 Å². The van der Waals surface area contributed by atoms with E-state index in [1.54, 1.807) is 12.1 Å². The average Bonchev–Trinajstić information content (AvgIpc) is 2.83. The summed E-state index contributed by atoms with van der Waals surface area (Å²) in [7, 11) is 0. The number of nitrogens with zero attached hydrogens (tertiary/aromatic N) is 2. The molecule has 1 saturated heterocycles. The normalized spacial score (nSPS) is 15.7. The summed E-state index contributed by atoms with van der Waals surface area (Å²) in [6.45, 7) is 2.19. The van der Waals surface area contributed by atoms with Gasteiger partial charge in [0.05, 0.1) is 6.54 Å². The summed E-state index contributed by atoms with van der Waals surface area (Å²) < 4.78 is 14.3. The molecule has 1 heterocycles. The lowest BCUT2D eigenvalue weighted by molar-refractivity contribution is 0.509. The Morgan fingerprint density at radius 3 is 2.72 bits per heavy atom. The quantitative estimate of drug-likeness (QED) is 0.447. The smallest absolute Gasteiger partial charge is 0.191 e. The second-order valence-corrected chi connectivity index (χ2v) is 5.02. The molecule has 18 heavy (non-hydrogen) atoms. The lowest BCUT2D eigenvalue weighted by Crippen LogP contribution is -2.34. The lowest BCUT2D eigenvalue weighted by Gasteiger charge is -2.15. The summed E-state index contributed by atoms with van der Waals surface area (Å²) in [6.07, 6.45) is 2.31. The molecule has 0 aromatic heterocycles. The van der Waals surface area contributed by atoms with Crippen LogP contribution >= 0.6 is 39.9 Å². The standard InChI is InChI=1S/C12H15BrFN3.HI/c13-10-3-4-11(14)9(7-10)8-16-12(15)17-5-1-2-6-17;/h3-4,7H,1-2,5-6,8H2,(H2,15,16);1H. The van der Waals surface area contributed by atoms with Crippen LogP contribution in [0.2, 0.25) is 0 Å². The SMILES string of the molecule is I.NC(=NCc1cc(Br)ccc1F)N1CCCC1. The Labute approximate surface area is 132 Å². The molecule has 2 N–H and O–H groups in total. The Hall–Kier alpha value is -0.370. The van der Waals surface area contributed by atoms with Crippen molar-refractivity contribution in [3.05, 3.63) is 34.1 Å². The molecule has 0 atom stereocenters. The molecular weight excluding hydrogens is 412 g/mol. The molecule has 0 spiro atoms. The lowest BCUT2D eigenvalue weighted by atomic mass is 10.2. The van der Waals surface area contributed by atoms with Gasteiger partial charge in [-0.3, -0.25) is 0 Å². The Kier molecular flexibility index (Phi) is 6.34. The molecule has 0 radical (unpaired) electrons. The van der Waals surface area contributed by atoms with E-state index in [-0.39, 0.29) is 36.3 Å².